The van der Waals surface area contributed by atoms with Crippen LogP contribution in [0.2, 0.25) is 0 Å². The second-order valence-corrected chi connectivity index (χ2v) is 6.65. The van der Waals surface area contributed by atoms with Crippen molar-refractivity contribution in [2.75, 3.05) is 44.7 Å². The van der Waals surface area contributed by atoms with Gasteiger partial charge in [0.25, 0.3) is 5.56 Å². The fourth-order valence-electron chi connectivity index (χ4n) is 3.61. The highest BCUT2D eigenvalue weighted by Crippen LogP contribution is 2.28. The van der Waals surface area contributed by atoms with E-state index in [9.17, 15) is 9.59 Å². The molecule has 4 rings (SSSR count). The number of H-pyrrole nitrogens is 2. The van der Waals surface area contributed by atoms with Crippen molar-refractivity contribution < 1.29 is 4.74 Å². The average Bonchev–Trinajstić information content (AvgIpc) is 3.17. The molecular formula is C19H23N5O3. The predicted molar refractivity (Wildman–Crippen MR) is 105 cm³/mol. The van der Waals surface area contributed by atoms with Gasteiger partial charge in [0.2, 0.25) is 0 Å². The number of ether oxygens (including phenoxy) is 1. The molecule has 142 valence electrons. The Kier molecular flexibility index (Phi) is 4.72. The zero-order valence-corrected chi connectivity index (χ0v) is 15.3. The van der Waals surface area contributed by atoms with Crippen LogP contribution in [0.3, 0.4) is 0 Å². The van der Waals surface area contributed by atoms with Crippen molar-refractivity contribution in [1.82, 2.24) is 19.4 Å². The molecule has 0 atom stereocenters. The van der Waals surface area contributed by atoms with E-state index in [4.69, 9.17) is 4.74 Å². The van der Waals surface area contributed by atoms with E-state index in [2.05, 4.69) is 25.8 Å². The molecule has 8 nitrogen and oxygen atoms in total. The summed E-state index contributed by atoms with van der Waals surface area (Å²) in [7, 11) is 1.69. The molecule has 3 aromatic rings. The number of rotatable bonds is 5. The molecule has 1 saturated heterocycles. The van der Waals surface area contributed by atoms with Crippen molar-refractivity contribution in [3.8, 4) is 5.75 Å². The maximum Gasteiger partial charge on any atom is 0.328 e. The van der Waals surface area contributed by atoms with E-state index >= 15 is 0 Å². The Bertz CT molecular complexity index is 1040. The second kappa shape index (κ2) is 7.32. The molecule has 1 aliphatic rings. The van der Waals surface area contributed by atoms with Gasteiger partial charge in [-0.25, -0.2) is 4.79 Å². The van der Waals surface area contributed by atoms with E-state index in [0.29, 0.717) is 24.1 Å². The molecule has 2 N–H and O–H groups in total. The lowest BCUT2D eigenvalue weighted by atomic mass is 10.2. The standard InChI is InChI=1S/C19H23N5O3/c1-27-16-5-3-2-4-15(16)23-11-8-22(9-12-23)10-13-24-18(25)17-14(6-7-20-17)21-19(24)26/h2-7,20H,8-13H2,1H3,(H,21,26). The molecule has 2 aromatic heterocycles. The first-order valence-corrected chi connectivity index (χ1v) is 9.08. The van der Waals surface area contributed by atoms with Crippen molar-refractivity contribution in [2.24, 2.45) is 0 Å². The summed E-state index contributed by atoms with van der Waals surface area (Å²) in [6, 6.07) is 9.71. The number of methoxy groups -OCH3 is 1. The van der Waals surface area contributed by atoms with Crippen LogP contribution in [-0.4, -0.2) is 59.3 Å². The molecule has 0 aliphatic carbocycles. The van der Waals surface area contributed by atoms with E-state index < -0.39 is 0 Å². The lowest BCUT2D eigenvalue weighted by Gasteiger charge is -2.36. The van der Waals surface area contributed by atoms with Gasteiger partial charge in [0.05, 0.1) is 18.3 Å². The van der Waals surface area contributed by atoms with Gasteiger partial charge in [-0.15, -0.1) is 0 Å². The SMILES string of the molecule is COc1ccccc1N1CCN(CCn2c(=O)[nH]c3cc[nH]c3c2=O)CC1. The maximum absolute atomic E-state index is 12.5. The third-order valence-electron chi connectivity index (χ3n) is 5.13. The maximum atomic E-state index is 12.5. The first-order chi connectivity index (χ1) is 13.2. The van der Waals surface area contributed by atoms with Crippen molar-refractivity contribution in [2.45, 2.75) is 6.54 Å². The van der Waals surface area contributed by atoms with E-state index in [-0.39, 0.29) is 11.2 Å². The van der Waals surface area contributed by atoms with Gasteiger partial charge in [0.1, 0.15) is 11.3 Å². The van der Waals surface area contributed by atoms with E-state index in [0.717, 1.165) is 37.6 Å². The van der Waals surface area contributed by atoms with Crippen LogP contribution in [0, 0.1) is 0 Å². The predicted octanol–water partition coefficient (Wildman–Crippen LogP) is 0.849. The molecule has 0 spiro atoms. The van der Waals surface area contributed by atoms with Crippen molar-refractivity contribution in [3.63, 3.8) is 0 Å². The number of aromatic amines is 2. The Labute approximate surface area is 156 Å². The highest BCUT2D eigenvalue weighted by Gasteiger charge is 2.20. The van der Waals surface area contributed by atoms with Crippen molar-refractivity contribution in [1.29, 1.82) is 0 Å². The minimum atomic E-state index is -0.361. The molecular weight excluding hydrogens is 346 g/mol. The van der Waals surface area contributed by atoms with E-state index in [1.165, 1.54) is 4.57 Å². The summed E-state index contributed by atoms with van der Waals surface area (Å²) in [6.07, 6.45) is 1.66. The zero-order valence-electron chi connectivity index (χ0n) is 15.3. The number of benzene rings is 1. The summed E-state index contributed by atoms with van der Waals surface area (Å²) in [5.41, 5.74) is 1.46. The van der Waals surface area contributed by atoms with Gasteiger partial charge < -0.3 is 19.6 Å². The molecule has 3 heterocycles. The molecule has 27 heavy (non-hydrogen) atoms. The fourth-order valence-corrected chi connectivity index (χ4v) is 3.61. The smallest absolute Gasteiger partial charge is 0.328 e. The van der Waals surface area contributed by atoms with Gasteiger partial charge in [0.15, 0.2) is 0 Å². The van der Waals surface area contributed by atoms with Crippen LogP contribution >= 0.6 is 0 Å². The summed E-state index contributed by atoms with van der Waals surface area (Å²) in [5, 5.41) is 0. The lowest BCUT2D eigenvalue weighted by Crippen LogP contribution is -2.48. The largest absolute Gasteiger partial charge is 0.495 e. The Balaban J connectivity index is 1.40. The van der Waals surface area contributed by atoms with Gasteiger partial charge in [-0.2, -0.15) is 0 Å². The van der Waals surface area contributed by atoms with Crippen LogP contribution in [0.1, 0.15) is 0 Å². The third kappa shape index (κ3) is 3.35. The van der Waals surface area contributed by atoms with Crippen LogP contribution in [0.15, 0.2) is 46.1 Å². The summed E-state index contributed by atoms with van der Waals surface area (Å²) in [5.74, 6) is 0.878. The summed E-state index contributed by atoms with van der Waals surface area (Å²) in [6.45, 7) is 4.53. The highest BCUT2D eigenvalue weighted by molar-refractivity contribution is 5.73. The molecule has 0 saturated carbocycles. The number of hydrogen-bond acceptors (Lipinski definition) is 5. The number of aromatic nitrogens is 3. The zero-order chi connectivity index (χ0) is 18.8. The van der Waals surface area contributed by atoms with Gasteiger partial charge in [0, 0.05) is 45.5 Å². The number of nitrogens with zero attached hydrogens (tertiary/aromatic N) is 3. The van der Waals surface area contributed by atoms with Crippen LogP contribution in [0.4, 0.5) is 5.69 Å². The molecule has 0 amide bonds. The Morgan fingerprint density at radius 1 is 1.04 bits per heavy atom. The summed E-state index contributed by atoms with van der Waals surface area (Å²) >= 11 is 0. The molecule has 1 fully saturated rings. The van der Waals surface area contributed by atoms with Gasteiger partial charge >= 0.3 is 5.69 Å². The molecule has 1 aliphatic heterocycles. The number of fused-ring (bicyclic) bond motifs is 1. The van der Waals surface area contributed by atoms with Crippen LogP contribution in [0.5, 0.6) is 5.75 Å². The highest BCUT2D eigenvalue weighted by atomic mass is 16.5. The van der Waals surface area contributed by atoms with Crippen molar-refractivity contribution >= 4 is 16.7 Å². The van der Waals surface area contributed by atoms with E-state index in [1.54, 1.807) is 19.4 Å². The van der Waals surface area contributed by atoms with Crippen molar-refractivity contribution in [3.05, 3.63) is 57.4 Å². The van der Waals surface area contributed by atoms with Crippen LogP contribution in [0.25, 0.3) is 11.0 Å². The molecule has 0 bridgehead atoms. The lowest BCUT2D eigenvalue weighted by molar-refractivity contribution is 0.245. The quantitative estimate of drug-likeness (QED) is 0.696. The van der Waals surface area contributed by atoms with Crippen LogP contribution < -0.4 is 20.9 Å². The van der Waals surface area contributed by atoms with E-state index in [1.807, 2.05) is 18.2 Å². The molecule has 8 heteroatoms. The normalized spacial score (nSPS) is 15.4. The number of piperazine rings is 1. The first-order valence-electron chi connectivity index (χ1n) is 9.08. The van der Waals surface area contributed by atoms with Gasteiger partial charge in [-0.1, -0.05) is 12.1 Å². The third-order valence-corrected chi connectivity index (χ3v) is 5.13. The molecule has 0 radical (unpaired) electrons. The Morgan fingerprint density at radius 2 is 1.81 bits per heavy atom. The summed E-state index contributed by atoms with van der Waals surface area (Å²) in [4.78, 5) is 34.9. The fraction of sp³-hybridized carbons (Fsp3) is 0.368. The summed E-state index contributed by atoms with van der Waals surface area (Å²) < 4.78 is 6.72. The minimum absolute atomic E-state index is 0.272. The molecule has 0 unspecified atom stereocenters. The number of hydrogen-bond donors (Lipinski definition) is 2. The monoisotopic (exact) mass is 369 g/mol. The first kappa shape index (κ1) is 17.4. The average molecular weight is 369 g/mol. The van der Waals surface area contributed by atoms with Gasteiger partial charge in [-0.05, 0) is 18.2 Å². The number of para-hydroxylation sites is 2. The minimum Gasteiger partial charge on any atom is -0.495 e. The van der Waals surface area contributed by atoms with Crippen LogP contribution in [-0.2, 0) is 6.54 Å². The Morgan fingerprint density at radius 3 is 2.59 bits per heavy atom. The Hall–Kier alpha value is -3.00. The molecule has 1 aromatic carbocycles. The number of nitrogens with one attached hydrogen (secondary N) is 2. The topological polar surface area (TPSA) is 86.4 Å². The second-order valence-electron chi connectivity index (χ2n) is 6.65. The van der Waals surface area contributed by atoms with Gasteiger partial charge in [-0.3, -0.25) is 14.3 Å². The number of anilines is 1.